The van der Waals surface area contributed by atoms with E-state index in [2.05, 4.69) is 17.2 Å². The van der Waals surface area contributed by atoms with Gasteiger partial charge in [0.05, 0.1) is 34.3 Å². The number of carbonyl (C=O) groups is 1. The van der Waals surface area contributed by atoms with Gasteiger partial charge in [0.15, 0.2) is 0 Å². The number of benzene rings is 2. The number of nitrogens with two attached hydrogens (primary N) is 1. The monoisotopic (exact) mass is 632 g/mol. The molecule has 42 heavy (non-hydrogen) atoms. The zero-order valence-electron chi connectivity index (χ0n) is 22.6. The van der Waals surface area contributed by atoms with Gasteiger partial charge in [0.2, 0.25) is 0 Å². The minimum absolute atomic E-state index is 0. The first-order valence-corrected chi connectivity index (χ1v) is 13.1. The summed E-state index contributed by atoms with van der Waals surface area (Å²) in [5.74, 6) is -6.10. The Morgan fingerprint density at radius 2 is 1.69 bits per heavy atom. The van der Waals surface area contributed by atoms with Crippen molar-refractivity contribution in [1.29, 1.82) is 0 Å². The number of carbonyl (C=O) groups excluding carboxylic acids is 1. The van der Waals surface area contributed by atoms with Crippen molar-refractivity contribution in [3.05, 3.63) is 77.1 Å². The minimum atomic E-state index is -2.03. The van der Waals surface area contributed by atoms with Crippen LogP contribution in [0, 0.1) is 29.2 Å². The molecule has 0 bridgehead atoms. The molecule has 1 aromatic heterocycles. The molecule has 2 aromatic carbocycles. The highest BCUT2D eigenvalue weighted by Crippen LogP contribution is 2.40. The van der Waals surface area contributed by atoms with E-state index in [0.717, 1.165) is 30.7 Å². The lowest BCUT2D eigenvalue weighted by Gasteiger charge is -2.37. The standard InChI is InChI=1S/C29H29F5N4O2.2ClH/c1-16-10-18(35)15-38(14-16)24-4-7-36-13-23(24)37-28(39)19-2-3-20(30)26(27(19)33)25-21(31)11-17(12-22(25)32)29(34)5-8-40-9-6-29;;/h2-4,7,11-13,16,18H,5-6,8-10,14-15,35H2,1H3,(H,37,39);2*1H/t16-,18+;;/m1../s1. The molecule has 228 valence electrons. The zero-order chi connectivity index (χ0) is 28.6. The number of hydrogen-bond donors (Lipinski definition) is 2. The van der Waals surface area contributed by atoms with Gasteiger partial charge in [-0.25, -0.2) is 22.0 Å². The molecule has 0 saturated carbocycles. The van der Waals surface area contributed by atoms with Crippen LogP contribution in [0.4, 0.5) is 33.3 Å². The number of aromatic nitrogens is 1. The van der Waals surface area contributed by atoms with Crippen molar-refractivity contribution in [3.63, 3.8) is 0 Å². The summed E-state index contributed by atoms with van der Waals surface area (Å²) in [7, 11) is 0. The molecular weight excluding hydrogens is 602 g/mol. The van der Waals surface area contributed by atoms with Gasteiger partial charge in [0.25, 0.3) is 5.91 Å². The van der Waals surface area contributed by atoms with Crippen molar-refractivity contribution in [2.45, 2.75) is 37.9 Å². The van der Waals surface area contributed by atoms with E-state index in [1.165, 1.54) is 6.20 Å². The third-order valence-corrected chi connectivity index (χ3v) is 7.51. The Balaban J connectivity index is 0.00000242. The maximum absolute atomic E-state index is 15.7. The number of hydrogen-bond acceptors (Lipinski definition) is 5. The van der Waals surface area contributed by atoms with Crippen LogP contribution >= 0.6 is 24.8 Å². The summed E-state index contributed by atoms with van der Waals surface area (Å²) in [6, 6.07) is 4.73. The summed E-state index contributed by atoms with van der Waals surface area (Å²) in [6.07, 6.45) is 3.57. The molecule has 3 heterocycles. The number of anilines is 2. The Morgan fingerprint density at radius 3 is 2.33 bits per heavy atom. The summed E-state index contributed by atoms with van der Waals surface area (Å²) in [6.45, 7) is 3.42. The highest BCUT2D eigenvalue weighted by atomic mass is 35.5. The zero-order valence-corrected chi connectivity index (χ0v) is 24.3. The highest BCUT2D eigenvalue weighted by Gasteiger charge is 2.36. The van der Waals surface area contributed by atoms with Crippen molar-refractivity contribution in [3.8, 4) is 11.1 Å². The normalized spacial score (nSPS) is 19.8. The summed E-state index contributed by atoms with van der Waals surface area (Å²) in [5.41, 5.74) is 2.03. The molecule has 2 atom stereocenters. The second kappa shape index (κ2) is 13.5. The summed E-state index contributed by atoms with van der Waals surface area (Å²) in [5, 5.41) is 2.58. The van der Waals surface area contributed by atoms with Crippen molar-refractivity contribution in [1.82, 2.24) is 4.98 Å². The van der Waals surface area contributed by atoms with Crippen LogP contribution in [-0.4, -0.2) is 43.2 Å². The first-order chi connectivity index (χ1) is 19.1. The lowest BCUT2D eigenvalue weighted by atomic mass is 9.86. The van der Waals surface area contributed by atoms with Gasteiger partial charge in [0, 0.05) is 51.4 Å². The number of piperidine rings is 1. The van der Waals surface area contributed by atoms with E-state index in [9.17, 15) is 9.18 Å². The Hall–Kier alpha value is -2.99. The van der Waals surface area contributed by atoms with E-state index in [-0.39, 0.29) is 68.2 Å². The predicted octanol–water partition coefficient (Wildman–Crippen LogP) is 6.55. The van der Waals surface area contributed by atoms with Crippen molar-refractivity contribution >= 4 is 42.1 Å². The van der Waals surface area contributed by atoms with Gasteiger partial charge in [0.1, 0.15) is 28.9 Å². The molecule has 2 aliphatic rings. The van der Waals surface area contributed by atoms with Crippen LogP contribution in [0.1, 0.15) is 42.1 Å². The molecule has 1 amide bonds. The van der Waals surface area contributed by atoms with E-state index in [4.69, 9.17) is 10.5 Å². The SMILES string of the molecule is C[C@@H]1C[C@H](N)CN(c2ccncc2NC(=O)c2ccc(F)c(-c3c(F)cc(C4(F)CCOCC4)cc3F)c2F)C1.Cl.Cl. The average molecular weight is 633 g/mol. The van der Waals surface area contributed by atoms with Crippen molar-refractivity contribution < 1.29 is 31.5 Å². The van der Waals surface area contributed by atoms with Gasteiger partial charge in [-0.3, -0.25) is 9.78 Å². The molecule has 3 aromatic rings. The Kier molecular flexibility index (Phi) is 10.8. The van der Waals surface area contributed by atoms with Gasteiger partial charge in [-0.2, -0.15) is 0 Å². The van der Waals surface area contributed by atoms with E-state index in [1.807, 2.05) is 4.90 Å². The highest BCUT2D eigenvalue weighted by molar-refractivity contribution is 6.06. The van der Waals surface area contributed by atoms with Crippen molar-refractivity contribution in [2.75, 3.05) is 36.5 Å². The molecule has 2 aliphatic heterocycles. The molecule has 0 aliphatic carbocycles. The van der Waals surface area contributed by atoms with Crippen LogP contribution < -0.4 is 16.0 Å². The second-order valence-corrected chi connectivity index (χ2v) is 10.5. The number of nitrogens with one attached hydrogen (secondary N) is 1. The third kappa shape index (κ3) is 6.64. The number of nitrogens with zero attached hydrogens (tertiary/aromatic N) is 2. The van der Waals surface area contributed by atoms with Gasteiger partial charge >= 0.3 is 0 Å². The maximum Gasteiger partial charge on any atom is 0.258 e. The quantitative estimate of drug-likeness (QED) is 0.312. The van der Waals surface area contributed by atoms with Gasteiger partial charge in [-0.1, -0.05) is 6.92 Å². The molecule has 13 heteroatoms. The van der Waals surface area contributed by atoms with Gasteiger partial charge in [-0.15, -0.1) is 24.8 Å². The van der Waals surface area contributed by atoms with Crippen LogP contribution in [0.3, 0.4) is 0 Å². The molecule has 5 rings (SSSR count). The smallest absolute Gasteiger partial charge is 0.258 e. The van der Waals surface area contributed by atoms with Crippen LogP contribution in [0.5, 0.6) is 0 Å². The minimum Gasteiger partial charge on any atom is -0.381 e. The largest absolute Gasteiger partial charge is 0.381 e. The summed E-state index contributed by atoms with van der Waals surface area (Å²) >= 11 is 0. The van der Waals surface area contributed by atoms with Gasteiger partial charge < -0.3 is 20.7 Å². The van der Waals surface area contributed by atoms with E-state index in [1.54, 1.807) is 12.3 Å². The molecule has 2 saturated heterocycles. The Bertz CT molecular complexity index is 1410. The second-order valence-electron chi connectivity index (χ2n) is 10.5. The molecular formula is C29H31Cl2F5N4O2. The first kappa shape index (κ1) is 33.5. The first-order valence-electron chi connectivity index (χ1n) is 13.1. The predicted molar refractivity (Wildman–Crippen MR) is 155 cm³/mol. The Morgan fingerprint density at radius 1 is 1.02 bits per heavy atom. The molecule has 3 N–H and O–H groups in total. The van der Waals surface area contributed by atoms with Crippen LogP contribution in [0.15, 0.2) is 42.7 Å². The fourth-order valence-corrected chi connectivity index (χ4v) is 5.56. The number of pyridine rings is 1. The summed E-state index contributed by atoms with van der Waals surface area (Å²) in [4.78, 5) is 19.2. The van der Waals surface area contributed by atoms with Crippen LogP contribution in [-0.2, 0) is 10.4 Å². The summed E-state index contributed by atoms with van der Waals surface area (Å²) < 4.78 is 81.3. The number of halogens is 7. The fraction of sp³-hybridized carbons (Fsp3) is 0.379. The van der Waals surface area contributed by atoms with E-state index >= 15 is 17.6 Å². The number of rotatable bonds is 5. The molecule has 2 fully saturated rings. The van der Waals surface area contributed by atoms with Gasteiger partial charge in [-0.05, 0) is 48.2 Å². The topological polar surface area (TPSA) is 80.5 Å². The van der Waals surface area contributed by atoms with Crippen LogP contribution in [0.25, 0.3) is 11.1 Å². The van der Waals surface area contributed by atoms with Crippen LogP contribution in [0.2, 0.25) is 0 Å². The average Bonchev–Trinajstić information content (AvgIpc) is 2.90. The lowest BCUT2D eigenvalue weighted by Crippen LogP contribution is -2.46. The Labute approximate surface area is 252 Å². The number of ether oxygens (including phenoxy) is 1. The number of amides is 1. The number of alkyl halides is 1. The third-order valence-electron chi connectivity index (χ3n) is 7.51. The fourth-order valence-electron chi connectivity index (χ4n) is 5.56. The maximum atomic E-state index is 15.7. The molecule has 6 nitrogen and oxygen atoms in total. The lowest BCUT2D eigenvalue weighted by molar-refractivity contribution is -0.0117. The molecule has 0 unspecified atom stereocenters. The molecule has 0 spiro atoms. The van der Waals surface area contributed by atoms with E-state index < -0.39 is 51.5 Å². The van der Waals surface area contributed by atoms with Crippen molar-refractivity contribution in [2.24, 2.45) is 11.7 Å². The molecule has 0 radical (unpaired) electrons. The van der Waals surface area contributed by atoms with E-state index in [0.29, 0.717) is 24.7 Å².